The molecule has 1 heterocycles. The molecule has 1 N–H and O–H groups in total. The summed E-state index contributed by atoms with van der Waals surface area (Å²) < 4.78 is 14.4. The van der Waals surface area contributed by atoms with E-state index in [-0.39, 0.29) is 55.1 Å². The van der Waals surface area contributed by atoms with Gasteiger partial charge in [-0.3, -0.25) is 24.1 Å². The number of rotatable bonds is 8. The van der Waals surface area contributed by atoms with Crippen molar-refractivity contribution in [3.05, 3.63) is 47.8 Å². The molecule has 1 aromatic rings. The third-order valence-corrected chi connectivity index (χ3v) is 7.32. The molecule has 3 atom stereocenters. The summed E-state index contributed by atoms with van der Waals surface area (Å²) in [5, 5.41) is 3.01. The largest absolute Gasteiger partial charge is 0.352 e. The molecule has 1 saturated heterocycles. The average molecular weight is 470 g/mol. The number of carbonyl (C=O) groups excluding carboxylic acids is 4. The van der Waals surface area contributed by atoms with Crippen LogP contribution < -0.4 is 5.32 Å². The fourth-order valence-corrected chi connectivity index (χ4v) is 5.23. The van der Waals surface area contributed by atoms with Crippen LogP contribution in [0.25, 0.3) is 0 Å². The second-order valence-electron chi connectivity index (χ2n) is 9.51. The highest BCUT2D eigenvalue weighted by molar-refractivity contribution is 6.05. The van der Waals surface area contributed by atoms with Crippen molar-refractivity contribution in [3.8, 4) is 0 Å². The molecule has 0 radical (unpaired) electrons. The van der Waals surface area contributed by atoms with E-state index in [4.69, 9.17) is 0 Å². The number of allylic oxidation sites excluding steroid dienone is 2. The van der Waals surface area contributed by atoms with E-state index in [2.05, 4.69) is 5.32 Å². The molecule has 4 amide bonds. The molecule has 2 aliphatic carbocycles. The lowest BCUT2D eigenvalue weighted by Gasteiger charge is -2.30. The minimum atomic E-state index is -0.815. The predicted octanol–water partition coefficient (Wildman–Crippen LogP) is 2.94. The Morgan fingerprint density at radius 1 is 1.09 bits per heavy atom. The third kappa shape index (κ3) is 5.05. The van der Waals surface area contributed by atoms with Crippen LogP contribution in [0.3, 0.4) is 0 Å². The molecular formula is C26H32FN3O4. The van der Waals surface area contributed by atoms with E-state index in [1.807, 2.05) is 12.2 Å². The lowest BCUT2D eigenvalue weighted by atomic mass is 9.85. The second kappa shape index (κ2) is 10.5. The quantitative estimate of drug-likeness (QED) is 0.469. The highest BCUT2D eigenvalue weighted by atomic mass is 19.1. The third-order valence-electron chi connectivity index (χ3n) is 7.32. The van der Waals surface area contributed by atoms with Crippen LogP contribution in [0.5, 0.6) is 0 Å². The van der Waals surface area contributed by atoms with Crippen molar-refractivity contribution in [1.29, 1.82) is 0 Å². The molecule has 4 rings (SSSR count). The Bertz CT molecular complexity index is 962. The Kier molecular flexibility index (Phi) is 7.44. The van der Waals surface area contributed by atoms with E-state index in [1.165, 1.54) is 15.9 Å². The van der Waals surface area contributed by atoms with Crippen LogP contribution in [0.1, 0.15) is 57.4 Å². The van der Waals surface area contributed by atoms with Gasteiger partial charge in [0.25, 0.3) is 0 Å². The van der Waals surface area contributed by atoms with E-state index in [1.54, 1.807) is 25.1 Å². The maximum Gasteiger partial charge on any atom is 0.242 e. The number of nitrogens with zero attached hydrogens (tertiary/aromatic N) is 2. The number of fused-ring (bicyclic) bond motifs is 1. The number of amides is 4. The molecule has 1 saturated carbocycles. The number of hydrogen-bond acceptors (Lipinski definition) is 4. The fraction of sp³-hybridized carbons (Fsp3) is 0.538. The van der Waals surface area contributed by atoms with Gasteiger partial charge in [0, 0.05) is 31.1 Å². The van der Waals surface area contributed by atoms with Gasteiger partial charge in [0.1, 0.15) is 11.9 Å². The lowest BCUT2D eigenvalue weighted by molar-refractivity contribution is -0.144. The Morgan fingerprint density at radius 3 is 2.32 bits per heavy atom. The Labute approximate surface area is 199 Å². The van der Waals surface area contributed by atoms with E-state index in [9.17, 15) is 23.6 Å². The van der Waals surface area contributed by atoms with E-state index in [0.29, 0.717) is 18.4 Å². The standard InChI is InChI=1S/C26H32FN3O4/c1-17(24(32)28-19-9-3-4-10-19)30(16-18-8-2-7-13-22(18)27)23(31)14-15-29-25(33)20-11-5-6-12-21(20)26(29)34/h2,5-8,13,17,19-21H,3-4,9-12,14-16H2,1H3,(H,28,32)/t17?,20-,21+. The average Bonchev–Trinajstić information content (AvgIpc) is 3.43. The summed E-state index contributed by atoms with van der Waals surface area (Å²) in [7, 11) is 0. The van der Waals surface area contributed by atoms with Gasteiger partial charge in [-0.05, 0) is 38.7 Å². The number of hydrogen-bond donors (Lipinski definition) is 1. The van der Waals surface area contributed by atoms with Crippen molar-refractivity contribution >= 4 is 23.6 Å². The zero-order chi connectivity index (χ0) is 24.2. The van der Waals surface area contributed by atoms with Gasteiger partial charge >= 0.3 is 0 Å². The Balaban J connectivity index is 1.45. The van der Waals surface area contributed by atoms with E-state index in [0.717, 1.165) is 25.7 Å². The summed E-state index contributed by atoms with van der Waals surface area (Å²) in [4.78, 5) is 54.2. The lowest BCUT2D eigenvalue weighted by Crippen LogP contribution is -2.50. The van der Waals surface area contributed by atoms with Gasteiger partial charge in [-0.25, -0.2) is 4.39 Å². The Hall–Kier alpha value is -3.03. The van der Waals surface area contributed by atoms with E-state index >= 15 is 0 Å². The van der Waals surface area contributed by atoms with Crippen LogP contribution in [-0.2, 0) is 25.7 Å². The van der Waals surface area contributed by atoms with Crippen molar-refractivity contribution < 1.29 is 23.6 Å². The molecule has 3 aliphatic rings. The van der Waals surface area contributed by atoms with Crippen LogP contribution in [0.15, 0.2) is 36.4 Å². The first-order chi connectivity index (χ1) is 16.4. The van der Waals surface area contributed by atoms with Crippen LogP contribution in [-0.4, -0.2) is 52.1 Å². The zero-order valence-corrected chi connectivity index (χ0v) is 19.5. The molecule has 0 spiro atoms. The highest BCUT2D eigenvalue weighted by Gasteiger charge is 2.47. The number of nitrogens with one attached hydrogen (secondary N) is 1. The van der Waals surface area contributed by atoms with Crippen molar-refractivity contribution in [1.82, 2.24) is 15.1 Å². The highest BCUT2D eigenvalue weighted by Crippen LogP contribution is 2.35. The van der Waals surface area contributed by atoms with Crippen LogP contribution in [0.4, 0.5) is 4.39 Å². The smallest absolute Gasteiger partial charge is 0.242 e. The predicted molar refractivity (Wildman–Crippen MR) is 124 cm³/mol. The van der Waals surface area contributed by atoms with Crippen molar-refractivity contribution in [3.63, 3.8) is 0 Å². The molecule has 0 bridgehead atoms. The van der Waals surface area contributed by atoms with Gasteiger partial charge in [-0.15, -0.1) is 0 Å². The molecule has 1 aromatic carbocycles. The van der Waals surface area contributed by atoms with Gasteiger partial charge in [-0.2, -0.15) is 0 Å². The molecule has 34 heavy (non-hydrogen) atoms. The summed E-state index contributed by atoms with van der Waals surface area (Å²) in [6.45, 7) is 1.53. The Morgan fingerprint density at radius 2 is 1.71 bits per heavy atom. The zero-order valence-electron chi connectivity index (χ0n) is 19.5. The van der Waals surface area contributed by atoms with Crippen LogP contribution in [0, 0.1) is 17.7 Å². The monoisotopic (exact) mass is 469 g/mol. The maximum absolute atomic E-state index is 14.4. The summed E-state index contributed by atoms with van der Waals surface area (Å²) in [6.07, 6.45) is 8.75. The first-order valence-electron chi connectivity index (χ1n) is 12.2. The van der Waals surface area contributed by atoms with Crippen molar-refractivity contribution in [2.24, 2.45) is 11.8 Å². The number of benzene rings is 1. The number of imide groups is 1. The summed E-state index contributed by atoms with van der Waals surface area (Å²) in [6, 6.07) is 5.43. The summed E-state index contributed by atoms with van der Waals surface area (Å²) in [5.41, 5.74) is 0.307. The van der Waals surface area contributed by atoms with Crippen LogP contribution >= 0.6 is 0 Å². The van der Waals surface area contributed by atoms with Gasteiger partial charge < -0.3 is 10.2 Å². The minimum Gasteiger partial charge on any atom is -0.352 e. The second-order valence-corrected chi connectivity index (χ2v) is 9.51. The van der Waals surface area contributed by atoms with Crippen molar-refractivity contribution in [2.75, 3.05) is 6.54 Å². The number of halogens is 1. The topological polar surface area (TPSA) is 86.8 Å². The maximum atomic E-state index is 14.4. The molecule has 7 nitrogen and oxygen atoms in total. The molecule has 0 aromatic heterocycles. The van der Waals surface area contributed by atoms with Crippen molar-refractivity contribution in [2.45, 2.75) is 70.5 Å². The molecule has 182 valence electrons. The summed E-state index contributed by atoms with van der Waals surface area (Å²) >= 11 is 0. The number of carbonyl (C=O) groups is 4. The summed E-state index contributed by atoms with van der Waals surface area (Å²) in [5.74, 6) is -2.30. The van der Waals surface area contributed by atoms with Gasteiger partial charge in [0.2, 0.25) is 23.6 Å². The van der Waals surface area contributed by atoms with Gasteiger partial charge in [0.05, 0.1) is 11.8 Å². The fourth-order valence-electron chi connectivity index (χ4n) is 5.23. The van der Waals surface area contributed by atoms with E-state index < -0.39 is 17.8 Å². The molecular weight excluding hydrogens is 437 g/mol. The molecule has 1 aliphatic heterocycles. The van der Waals surface area contributed by atoms with Gasteiger partial charge in [0.15, 0.2) is 0 Å². The molecule has 8 heteroatoms. The first-order valence-corrected chi connectivity index (χ1v) is 12.2. The first kappa shape index (κ1) is 24.1. The molecule has 1 unspecified atom stereocenters. The molecule has 2 fully saturated rings. The SMILES string of the molecule is CC(C(=O)NC1CCCC1)N(Cc1ccccc1F)C(=O)CCN1C(=O)[C@H]2CC=CC[C@H]2C1=O. The van der Waals surface area contributed by atoms with Gasteiger partial charge in [-0.1, -0.05) is 43.2 Å². The van der Waals surface area contributed by atoms with Crippen LogP contribution in [0.2, 0.25) is 0 Å². The number of likely N-dealkylation sites (tertiary alicyclic amines) is 1. The normalized spacial score (nSPS) is 23.2. The minimum absolute atomic E-state index is 0.0335.